The Kier molecular flexibility index (Phi) is 28.9. The van der Waals surface area contributed by atoms with Gasteiger partial charge in [-0.1, -0.05) is 194 Å². The van der Waals surface area contributed by atoms with Crippen molar-refractivity contribution < 1.29 is 0 Å². The third kappa shape index (κ3) is 25.2. The molecule has 0 radical (unpaired) electrons. The highest BCUT2D eigenvalue weighted by Gasteiger charge is 2.04. The highest BCUT2D eigenvalue weighted by molar-refractivity contribution is 7.08. The monoisotopic (exact) mass is 561 g/mol. The molecule has 1 rings (SSSR count). The van der Waals surface area contributed by atoms with E-state index in [-0.39, 0.29) is 0 Å². The molecule has 0 aliphatic heterocycles. The lowest BCUT2D eigenvalue weighted by atomic mass is 9.99. The van der Waals surface area contributed by atoms with Crippen LogP contribution in [0.5, 0.6) is 0 Å². The van der Waals surface area contributed by atoms with Crippen LogP contribution in [0.25, 0.3) is 0 Å². The largest absolute Gasteiger partial charge is 0.152 e. The first-order valence-electron chi connectivity index (χ1n) is 18.4. The number of hydrogen-bond donors (Lipinski definition) is 0. The van der Waals surface area contributed by atoms with Gasteiger partial charge in [-0.25, -0.2) is 0 Å². The average Bonchev–Trinajstić information content (AvgIpc) is 3.40. The Bertz CT molecular complexity index is 573. The molecule has 1 heteroatoms. The fraction of sp³-hybridized carbons (Fsp3) is 0.895. The van der Waals surface area contributed by atoms with Gasteiger partial charge in [-0.3, -0.25) is 0 Å². The van der Waals surface area contributed by atoms with Crippen LogP contribution in [0.15, 0.2) is 10.8 Å². The third-order valence-electron chi connectivity index (χ3n) is 8.93. The lowest BCUT2D eigenvalue weighted by Crippen LogP contribution is -1.92. The molecule has 1 aromatic rings. The zero-order chi connectivity index (χ0) is 27.9. The van der Waals surface area contributed by atoms with Gasteiger partial charge in [0.05, 0.1) is 0 Å². The van der Waals surface area contributed by atoms with Crippen LogP contribution >= 0.6 is 11.3 Å². The van der Waals surface area contributed by atoms with Crippen molar-refractivity contribution in [3.8, 4) is 0 Å². The van der Waals surface area contributed by atoms with Gasteiger partial charge in [0.1, 0.15) is 0 Å². The first kappa shape index (κ1) is 36.7. The minimum atomic E-state index is 1.33. The van der Waals surface area contributed by atoms with Crippen molar-refractivity contribution in [1.29, 1.82) is 0 Å². The van der Waals surface area contributed by atoms with E-state index in [9.17, 15) is 0 Å². The highest BCUT2D eigenvalue weighted by atomic mass is 32.1. The van der Waals surface area contributed by atoms with Gasteiger partial charge in [-0.05, 0) is 47.6 Å². The topological polar surface area (TPSA) is 0 Å². The van der Waals surface area contributed by atoms with Crippen LogP contribution < -0.4 is 0 Å². The van der Waals surface area contributed by atoms with E-state index in [1.165, 1.54) is 205 Å². The van der Waals surface area contributed by atoms with E-state index in [1.807, 2.05) is 11.3 Å². The lowest BCUT2D eigenvalue weighted by molar-refractivity contribution is 0.529. The van der Waals surface area contributed by atoms with E-state index in [0.717, 1.165) is 0 Å². The molecule has 230 valence electrons. The van der Waals surface area contributed by atoms with Gasteiger partial charge in [0.25, 0.3) is 0 Å². The molecule has 1 aromatic heterocycles. The smallest absolute Gasteiger partial charge is 0.00584 e. The van der Waals surface area contributed by atoms with Gasteiger partial charge >= 0.3 is 0 Å². The molecule has 0 amide bonds. The maximum atomic E-state index is 2.45. The van der Waals surface area contributed by atoms with Crippen molar-refractivity contribution in [3.05, 3.63) is 21.9 Å². The maximum Gasteiger partial charge on any atom is -0.00584 e. The number of aryl methyl sites for hydroxylation is 2. The van der Waals surface area contributed by atoms with Gasteiger partial charge in [-0.15, -0.1) is 0 Å². The lowest BCUT2D eigenvalue weighted by Gasteiger charge is -2.06. The van der Waals surface area contributed by atoms with Crippen molar-refractivity contribution in [3.63, 3.8) is 0 Å². The van der Waals surface area contributed by atoms with Crippen molar-refractivity contribution in [2.24, 2.45) is 0 Å². The van der Waals surface area contributed by atoms with Crippen LogP contribution in [0.1, 0.15) is 218 Å². The fourth-order valence-corrected chi connectivity index (χ4v) is 7.10. The summed E-state index contributed by atoms with van der Waals surface area (Å²) in [6, 6.07) is 0. The van der Waals surface area contributed by atoms with Crippen LogP contribution in [0.4, 0.5) is 0 Å². The molecule has 0 aromatic carbocycles. The van der Waals surface area contributed by atoms with Crippen LogP contribution in [-0.2, 0) is 12.8 Å². The van der Waals surface area contributed by atoms with Crippen molar-refractivity contribution >= 4 is 11.3 Å². The molecule has 0 saturated carbocycles. The molecule has 0 fully saturated rings. The Labute approximate surface area is 251 Å². The molecule has 0 atom stereocenters. The molecule has 39 heavy (non-hydrogen) atoms. The predicted molar refractivity (Wildman–Crippen MR) is 182 cm³/mol. The first-order chi connectivity index (χ1) is 19.4. The Hall–Kier alpha value is -0.300. The normalized spacial score (nSPS) is 11.5. The van der Waals surface area contributed by atoms with E-state index in [2.05, 4.69) is 24.6 Å². The summed E-state index contributed by atoms with van der Waals surface area (Å²) in [5, 5.41) is 4.90. The second-order valence-electron chi connectivity index (χ2n) is 12.8. The molecular weight excluding hydrogens is 488 g/mol. The average molecular weight is 561 g/mol. The number of rotatable bonds is 32. The molecule has 0 nitrogen and oxygen atoms in total. The van der Waals surface area contributed by atoms with Crippen LogP contribution in [0, 0.1) is 0 Å². The number of unbranched alkanes of at least 4 members (excludes halogenated alkanes) is 28. The molecular formula is C38H72S. The molecule has 0 bridgehead atoms. The minimum absolute atomic E-state index is 1.33. The van der Waals surface area contributed by atoms with E-state index in [0.29, 0.717) is 0 Å². The molecule has 0 N–H and O–H groups in total. The summed E-state index contributed by atoms with van der Waals surface area (Å²) in [6.45, 7) is 4.62. The molecule has 0 spiro atoms. The summed E-state index contributed by atoms with van der Waals surface area (Å²) >= 11 is 1.94. The quantitative estimate of drug-likeness (QED) is 0.0768. The maximum absolute atomic E-state index is 2.45. The summed E-state index contributed by atoms with van der Waals surface area (Å²) < 4.78 is 0. The van der Waals surface area contributed by atoms with Crippen molar-refractivity contribution in [1.82, 2.24) is 0 Å². The Morgan fingerprint density at radius 1 is 0.308 bits per heavy atom. The highest BCUT2D eigenvalue weighted by Crippen LogP contribution is 2.22. The first-order valence-corrected chi connectivity index (χ1v) is 19.4. The summed E-state index contributed by atoms with van der Waals surface area (Å²) in [5.41, 5.74) is 3.36. The Morgan fingerprint density at radius 2 is 0.513 bits per heavy atom. The SMILES string of the molecule is CCCCCCCCCCCCCCCCCCc1cscc1CCCCCCCCCCCCCCCC. The molecule has 0 aliphatic rings. The van der Waals surface area contributed by atoms with Gasteiger partial charge in [0.15, 0.2) is 0 Å². The fourth-order valence-electron chi connectivity index (χ4n) is 6.16. The van der Waals surface area contributed by atoms with Gasteiger partial charge in [-0.2, -0.15) is 11.3 Å². The number of thiophene rings is 1. The Balaban J connectivity index is 1.83. The summed E-state index contributed by atoms with van der Waals surface area (Å²) in [5.74, 6) is 0. The second kappa shape index (κ2) is 30.7. The standard InChI is InChI=1S/C38H72S/c1-3-5-7-9-11-13-15-17-19-20-22-24-26-28-30-32-34-38-36-39-35-37(38)33-31-29-27-25-23-21-18-16-14-12-10-8-6-4-2/h35-36H,3-34H2,1-2H3. The van der Waals surface area contributed by atoms with Crippen molar-refractivity contribution in [2.75, 3.05) is 0 Å². The summed E-state index contributed by atoms with van der Waals surface area (Å²) in [4.78, 5) is 0. The third-order valence-corrected chi connectivity index (χ3v) is 9.77. The molecule has 0 aliphatic carbocycles. The van der Waals surface area contributed by atoms with Gasteiger partial charge in [0.2, 0.25) is 0 Å². The van der Waals surface area contributed by atoms with E-state index in [4.69, 9.17) is 0 Å². The van der Waals surface area contributed by atoms with Crippen LogP contribution in [0.2, 0.25) is 0 Å². The van der Waals surface area contributed by atoms with Gasteiger partial charge in [0, 0.05) is 0 Å². The van der Waals surface area contributed by atoms with E-state index in [1.54, 1.807) is 11.1 Å². The molecule has 0 unspecified atom stereocenters. The zero-order valence-electron chi connectivity index (χ0n) is 27.2. The van der Waals surface area contributed by atoms with Crippen LogP contribution in [0.3, 0.4) is 0 Å². The molecule has 1 heterocycles. The van der Waals surface area contributed by atoms with Crippen LogP contribution in [-0.4, -0.2) is 0 Å². The van der Waals surface area contributed by atoms with Crippen molar-refractivity contribution in [2.45, 2.75) is 219 Å². The van der Waals surface area contributed by atoms with E-state index < -0.39 is 0 Å². The number of hydrogen-bond acceptors (Lipinski definition) is 1. The Morgan fingerprint density at radius 3 is 0.744 bits per heavy atom. The van der Waals surface area contributed by atoms with E-state index >= 15 is 0 Å². The second-order valence-corrected chi connectivity index (χ2v) is 13.6. The minimum Gasteiger partial charge on any atom is -0.152 e. The zero-order valence-corrected chi connectivity index (χ0v) is 28.0. The summed E-state index contributed by atoms with van der Waals surface area (Å²) in [7, 11) is 0. The summed E-state index contributed by atoms with van der Waals surface area (Å²) in [6.07, 6.45) is 46.4. The predicted octanol–water partition coefficient (Wildman–Crippen LogP) is 14.6. The van der Waals surface area contributed by atoms with Gasteiger partial charge < -0.3 is 0 Å². The molecule has 0 saturated heterocycles.